The minimum absolute atomic E-state index is 0.0378. The van der Waals surface area contributed by atoms with Gasteiger partial charge in [0.2, 0.25) is 6.23 Å². The molecule has 0 saturated carbocycles. The van der Waals surface area contributed by atoms with E-state index >= 15 is 8.78 Å². The van der Waals surface area contributed by atoms with Crippen molar-refractivity contribution in [3.05, 3.63) is 56.8 Å². The van der Waals surface area contributed by atoms with Gasteiger partial charge in [-0.2, -0.15) is 18.9 Å². The van der Waals surface area contributed by atoms with Gasteiger partial charge in [0.1, 0.15) is 33.2 Å². The second kappa shape index (κ2) is 16.9. The van der Waals surface area contributed by atoms with E-state index < -0.39 is 92.1 Å². The highest BCUT2D eigenvalue weighted by atomic mass is 127. The lowest BCUT2D eigenvalue weighted by Crippen LogP contribution is -2.51. The highest BCUT2D eigenvalue weighted by Crippen LogP contribution is 2.49. The van der Waals surface area contributed by atoms with Gasteiger partial charge in [0, 0.05) is 6.20 Å². The number of carbonyl (C=O) groups is 3. The molecule has 1 fully saturated rings. The van der Waals surface area contributed by atoms with E-state index in [2.05, 4.69) is 15.4 Å². The zero-order valence-electron chi connectivity index (χ0n) is 28.8. The predicted molar refractivity (Wildman–Crippen MR) is 182 cm³/mol. The summed E-state index contributed by atoms with van der Waals surface area (Å²) < 4.78 is 79.8. The Morgan fingerprint density at radius 2 is 1.72 bits per heavy atom. The number of halogens is 3. The van der Waals surface area contributed by atoms with Crippen molar-refractivity contribution in [2.75, 3.05) is 6.61 Å². The zero-order valence-corrected chi connectivity index (χ0v) is 31.8. The summed E-state index contributed by atoms with van der Waals surface area (Å²) in [4.78, 5) is 54.8. The smallest absolute Gasteiger partial charge is 0.459 e. The topological polar surface area (TPSA) is 183 Å². The molecule has 50 heavy (non-hydrogen) atoms. The number of rotatable bonds is 14. The van der Waals surface area contributed by atoms with Crippen LogP contribution in [0.15, 0.2) is 47.4 Å². The molecule has 2 aromatic rings. The van der Waals surface area contributed by atoms with Gasteiger partial charge in [0.15, 0.2) is 6.10 Å². The van der Waals surface area contributed by atoms with Crippen molar-refractivity contribution in [2.45, 2.75) is 104 Å². The summed E-state index contributed by atoms with van der Waals surface area (Å²) in [5.74, 6) is -6.81. The SMILES string of the molecule is CC(C)OC(=O)[C@H](C)N[P@](=O)(OC[C@H]1OC(n2ccc(I)nc2=O)C(F)(F)[C@@H]1OC(=O)[C@@H](NC(=O)OC(C)(C)C)C(C)C)Oc1ccccc1. The lowest BCUT2D eigenvalue weighted by atomic mass is 10.0. The number of para-hydroxylation sites is 1. The lowest BCUT2D eigenvalue weighted by Gasteiger charge is -2.29. The first-order valence-corrected chi connectivity index (χ1v) is 18.2. The van der Waals surface area contributed by atoms with Crippen LogP contribution in [0.25, 0.3) is 0 Å². The molecule has 0 spiro atoms. The van der Waals surface area contributed by atoms with Gasteiger partial charge in [0.25, 0.3) is 0 Å². The number of esters is 2. The number of carbonyl (C=O) groups excluding carboxylic acids is 3. The molecular formula is C31H42F2IN4O11P. The number of ether oxygens (including phenoxy) is 4. The highest BCUT2D eigenvalue weighted by Gasteiger charge is 2.63. The molecule has 2 N–H and O–H groups in total. The van der Waals surface area contributed by atoms with E-state index in [0.717, 1.165) is 6.20 Å². The molecule has 1 saturated heterocycles. The van der Waals surface area contributed by atoms with Crippen LogP contribution in [0.2, 0.25) is 0 Å². The largest absolute Gasteiger partial charge is 0.462 e. The van der Waals surface area contributed by atoms with Crippen molar-refractivity contribution < 1.29 is 55.7 Å². The Labute approximate surface area is 301 Å². The quantitative estimate of drug-likeness (QED) is 0.0856. The molecule has 0 bridgehead atoms. The van der Waals surface area contributed by atoms with Crippen molar-refractivity contribution in [3.8, 4) is 5.75 Å². The van der Waals surface area contributed by atoms with E-state index in [1.165, 1.54) is 25.1 Å². The average Bonchev–Trinajstić information content (AvgIpc) is 3.22. The number of alkyl carbamates (subject to hydrolysis) is 1. The molecule has 0 aliphatic carbocycles. The third-order valence-corrected chi connectivity index (χ3v) is 8.91. The number of hydrogen-bond acceptors (Lipinski definition) is 12. The fourth-order valence-electron chi connectivity index (χ4n) is 4.46. The summed E-state index contributed by atoms with van der Waals surface area (Å²) >= 11 is 1.73. The molecule has 19 heteroatoms. The number of amides is 1. The van der Waals surface area contributed by atoms with Crippen LogP contribution in [0.3, 0.4) is 0 Å². The van der Waals surface area contributed by atoms with E-state index in [1.807, 2.05) is 0 Å². The van der Waals surface area contributed by atoms with Gasteiger partial charge in [0.05, 0.1) is 12.7 Å². The van der Waals surface area contributed by atoms with Crippen molar-refractivity contribution in [3.63, 3.8) is 0 Å². The molecular weight excluding hydrogens is 800 g/mol. The molecule has 15 nitrogen and oxygen atoms in total. The van der Waals surface area contributed by atoms with Gasteiger partial charge in [-0.15, -0.1) is 0 Å². The van der Waals surface area contributed by atoms with Crippen molar-refractivity contribution in [2.24, 2.45) is 5.92 Å². The molecule has 6 atom stereocenters. The van der Waals surface area contributed by atoms with Crippen molar-refractivity contribution >= 4 is 48.4 Å². The second-order valence-corrected chi connectivity index (χ2v) is 15.7. The highest BCUT2D eigenvalue weighted by molar-refractivity contribution is 14.1. The summed E-state index contributed by atoms with van der Waals surface area (Å²) in [6.07, 6.45) is -7.17. The van der Waals surface area contributed by atoms with Gasteiger partial charge < -0.3 is 28.8 Å². The predicted octanol–water partition coefficient (Wildman–Crippen LogP) is 4.98. The fourth-order valence-corrected chi connectivity index (χ4v) is 6.32. The van der Waals surface area contributed by atoms with Crippen LogP contribution in [0.5, 0.6) is 5.75 Å². The standard InChI is InChI=1S/C31H42F2IN4O11P/c1-17(2)23(36-29(42)48-30(6,7)8)26(40)47-24-21(46-27(31(24,32)33)38-15-14-22(34)35-28(38)41)16-44-50(43,49-20-12-10-9-11-13-20)37-19(5)25(39)45-18(3)4/h9-15,17-19,21,23-24,27H,16H2,1-8H3,(H,36,42)(H,37,43)/t19-,21+,23-,24+,27?,50-/m0/s1. The lowest BCUT2D eigenvalue weighted by molar-refractivity contribution is -0.179. The van der Waals surface area contributed by atoms with Gasteiger partial charge in [-0.25, -0.2) is 18.9 Å². The molecule has 2 heterocycles. The molecule has 0 radical (unpaired) electrons. The average molecular weight is 843 g/mol. The third-order valence-electron chi connectivity index (χ3n) is 6.67. The van der Waals surface area contributed by atoms with Crippen LogP contribution >= 0.6 is 30.3 Å². The van der Waals surface area contributed by atoms with Crippen LogP contribution in [0, 0.1) is 9.62 Å². The first-order valence-electron chi connectivity index (χ1n) is 15.6. The maximum absolute atomic E-state index is 16.3. The Bertz CT molecular complexity index is 1610. The number of hydrogen-bond donors (Lipinski definition) is 2. The maximum Gasteiger partial charge on any atom is 0.459 e. The Morgan fingerprint density at radius 1 is 1.08 bits per heavy atom. The minimum atomic E-state index is -4.60. The molecule has 278 valence electrons. The van der Waals surface area contributed by atoms with Gasteiger partial charge in [-0.3, -0.25) is 13.9 Å². The van der Waals surface area contributed by atoms with Crippen LogP contribution < -0.4 is 20.6 Å². The van der Waals surface area contributed by atoms with Crippen molar-refractivity contribution in [1.29, 1.82) is 0 Å². The number of nitrogens with one attached hydrogen (secondary N) is 2. The molecule has 1 aliphatic rings. The monoisotopic (exact) mass is 842 g/mol. The zero-order chi connectivity index (χ0) is 37.6. The summed E-state index contributed by atoms with van der Waals surface area (Å²) in [6, 6.07) is 6.25. The summed E-state index contributed by atoms with van der Waals surface area (Å²) in [6.45, 7) is 11.5. The first kappa shape index (κ1) is 41.2. The number of benzene rings is 1. The van der Waals surface area contributed by atoms with Crippen LogP contribution in [0.4, 0.5) is 13.6 Å². The Balaban J connectivity index is 1.97. The maximum atomic E-state index is 16.3. The van der Waals surface area contributed by atoms with Crippen LogP contribution in [0.1, 0.15) is 61.6 Å². The van der Waals surface area contributed by atoms with Gasteiger partial charge in [-0.05, 0) is 88.3 Å². The summed E-state index contributed by atoms with van der Waals surface area (Å²) in [5, 5.41) is 4.78. The van der Waals surface area contributed by atoms with Crippen LogP contribution in [-0.4, -0.2) is 76.1 Å². The summed E-state index contributed by atoms with van der Waals surface area (Å²) in [7, 11) is -4.60. The van der Waals surface area contributed by atoms with E-state index in [1.54, 1.807) is 89.3 Å². The summed E-state index contributed by atoms with van der Waals surface area (Å²) in [5.41, 5.74) is -2.02. The van der Waals surface area contributed by atoms with Gasteiger partial charge in [-0.1, -0.05) is 32.0 Å². The molecule has 1 aromatic carbocycles. The number of alkyl halides is 2. The Morgan fingerprint density at radius 3 is 2.28 bits per heavy atom. The third kappa shape index (κ3) is 11.4. The molecule has 1 amide bonds. The number of nitrogens with zero attached hydrogens (tertiary/aromatic N) is 2. The minimum Gasteiger partial charge on any atom is -0.462 e. The Hall–Kier alpha value is -3.19. The van der Waals surface area contributed by atoms with E-state index in [9.17, 15) is 23.7 Å². The molecule has 1 aliphatic heterocycles. The normalized spacial score (nSPS) is 21.2. The Kier molecular flexibility index (Phi) is 13.9. The first-order chi connectivity index (χ1) is 23.1. The molecule has 3 rings (SSSR count). The van der Waals surface area contributed by atoms with Crippen molar-refractivity contribution in [1.82, 2.24) is 20.0 Å². The molecule has 1 unspecified atom stereocenters. The van der Waals surface area contributed by atoms with E-state index in [-0.39, 0.29) is 9.45 Å². The van der Waals surface area contributed by atoms with Crippen LogP contribution in [-0.2, 0) is 37.6 Å². The number of aromatic nitrogens is 2. The second-order valence-electron chi connectivity index (χ2n) is 12.9. The molecule has 1 aromatic heterocycles. The van der Waals surface area contributed by atoms with Gasteiger partial charge >= 0.3 is 37.4 Å². The van der Waals surface area contributed by atoms with E-state index in [4.69, 9.17) is 28.0 Å². The fraction of sp³-hybridized carbons (Fsp3) is 0.581. The van der Waals surface area contributed by atoms with E-state index in [0.29, 0.717) is 4.57 Å².